The smallest absolute Gasteiger partial charge is 0.140 e. The van der Waals surface area contributed by atoms with E-state index >= 15 is 0 Å². The van der Waals surface area contributed by atoms with Gasteiger partial charge in [-0.05, 0) is 37.1 Å². The maximum atomic E-state index is 9.29. The molecule has 1 aromatic carbocycles. The van der Waals surface area contributed by atoms with Gasteiger partial charge in [0.1, 0.15) is 11.6 Å². The number of phenolic OH excluding ortho intramolecular Hbond substituents is 1. The van der Waals surface area contributed by atoms with E-state index in [1.165, 1.54) is 5.69 Å². The van der Waals surface area contributed by atoms with Crippen LogP contribution >= 0.6 is 0 Å². The maximum absolute atomic E-state index is 9.29. The molecule has 2 heterocycles. The van der Waals surface area contributed by atoms with Crippen molar-refractivity contribution in [1.82, 2.24) is 9.55 Å². The third-order valence-electron chi connectivity index (χ3n) is 3.25. The van der Waals surface area contributed by atoms with Gasteiger partial charge in [-0.3, -0.25) is 0 Å². The third-order valence-corrected chi connectivity index (χ3v) is 3.25. The van der Waals surface area contributed by atoms with Crippen molar-refractivity contribution in [2.24, 2.45) is 5.73 Å². The number of aromatic hydroxyl groups is 1. The van der Waals surface area contributed by atoms with E-state index in [9.17, 15) is 5.11 Å². The largest absolute Gasteiger partial charge is 0.508 e. The molecule has 0 amide bonds. The fourth-order valence-corrected chi connectivity index (χ4v) is 2.31. The third kappa shape index (κ3) is 1.80. The molecule has 2 aromatic rings. The Kier molecular flexibility index (Phi) is 2.37. The Bertz CT molecular complexity index is 530. The second-order valence-electron chi connectivity index (χ2n) is 4.53. The van der Waals surface area contributed by atoms with Crippen LogP contribution in [0, 0.1) is 0 Å². The fraction of sp³-hybridized carbons (Fsp3) is 0.308. The topological polar surface area (TPSA) is 64.1 Å². The molecule has 1 aromatic heterocycles. The number of nitrogens with two attached hydrogens (primary N) is 1. The molecule has 0 spiro atoms. The summed E-state index contributed by atoms with van der Waals surface area (Å²) in [5, 5.41) is 9.29. The lowest BCUT2D eigenvalue weighted by Crippen LogP contribution is -2.31. The van der Waals surface area contributed by atoms with Crippen LogP contribution in [0.1, 0.15) is 12.1 Å². The monoisotopic (exact) mass is 229 g/mol. The SMILES string of the molecule is NC1CCc2cnc(-c3ccc(O)cc3)n2C1. The summed E-state index contributed by atoms with van der Waals surface area (Å²) in [6.07, 6.45) is 3.95. The second-order valence-corrected chi connectivity index (χ2v) is 4.53. The molecular formula is C13H15N3O. The van der Waals surface area contributed by atoms with Gasteiger partial charge in [-0.1, -0.05) is 0 Å². The lowest BCUT2D eigenvalue weighted by molar-refractivity contribution is 0.463. The Morgan fingerprint density at radius 1 is 1.29 bits per heavy atom. The summed E-state index contributed by atoms with van der Waals surface area (Å²) < 4.78 is 2.18. The van der Waals surface area contributed by atoms with Crippen LogP contribution in [0.4, 0.5) is 0 Å². The molecule has 0 radical (unpaired) electrons. The molecule has 3 rings (SSSR count). The maximum Gasteiger partial charge on any atom is 0.140 e. The predicted octanol–water partition coefficient (Wildman–Crippen LogP) is 1.53. The number of imidazole rings is 1. The highest BCUT2D eigenvalue weighted by atomic mass is 16.3. The summed E-state index contributed by atoms with van der Waals surface area (Å²) in [7, 11) is 0. The van der Waals surface area contributed by atoms with Crippen molar-refractivity contribution in [3.8, 4) is 17.1 Å². The lowest BCUT2D eigenvalue weighted by atomic mass is 10.1. The molecule has 4 nitrogen and oxygen atoms in total. The molecule has 0 aliphatic carbocycles. The first-order valence-electron chi connectivity index (χ1n) is 5.83. The molecule has 1 aliphatic heterocycles. The summed E-state index contributed by atoms with van der Waals surface area (Å²) in [4.78, 5) is 4.46. The second kappa shape index (κ2) is 3.89. The van der Waals surface area contributed by atoms with Crippen molar-refractivity contribution in [3.63, 3.8) is 0 Å². The highest BCUT2D eigenvalue weighted by molar-refractivity contribution is 5.57. The molecule has 3 N–H and O–H groups in total. The van der Waals surface area contributed by atoms with Gasteiger partial charge >= 0.3 is 0 Å². The van der Waals surface area contributed by atoms with E-state index in [0.717, 1.165) is 30.8 Å². The van der Waals surface area contributed by atoms with Gasteiger partial charge < -0.3 is 15.4 Å². The molecule has 1 unspecified atom stereocenters. The predicted molar refractivity (Wildman–Crippen MR) is 65.6 cm³/mol. The Morgan fingerprint density at radius 2 is 2.06 bits per heavy atom. The van der Waals surface area contributed by atoms with Gasteiger partial charge in [0.25, 0.3) is 0 Å². The van der Waals surface area contributed by atoms with E-state index in [4.69, 9.17) is 5.73 Å². The first kappa shape index (κ1) is 10.4. The molecule has 0 saturated carbocycles. The minimum Gasteiger partial charge on any atom is -0.508 e. The highest BCUT2D eigenvalue weighted by Crippen LogP contribution is 2.25. The van der Waals surface area contributed by atoms with Gasteiger partial charge in [0.05, 0.1) is 0 Å². The Hall–Kier alpha value is -1.81. The molecule has 1 atom stereocenters. The number of benzene rings is 1. The zero-order valence-electron chi connectivity index (χ0n) is 9.50. The lowest BCUT2D eigenvalue weighted by Gasteiger charge is -2.22. The number of fused-ring (bicyclic) bond motifs is 1. The van der Waals surface area contributed by atoms with E-state index < -0.39 is 0 Å². The van der Waals surface area contributed by atoms with Crippen LogP contribution < -0.4 is 5.73 Å². The highest BCUT2D eigenvalue weighted by Gasteiger charge is 2.19. The van der Waals surface area contributed by atoms with Crippen LogP contribution in [-0.2, 0) is 13.0 Å². The van der Waals surface area contributed by atoms with Crippen molar-refractivity contribution < 1.29 is 5.11 Å². The number of hydrogen-bond donors (Lipinski definition) is 2. The molecule has 1 aliphatic rings. The Morgan fingerprint density at radius 3 is 2.82 bits per heavy atom. The molecule has 4 heteroatoms. The van der Waals surface area contributed by atoms with Gasteiger partial charge in [0.15, 0.2) is 0 Å². The van der Waals surface area contributed by atoms with Crippen LogP contribution in [0.25, 0.3) is 11.4 Å². The van der Waals surface area contributed by atoms with E-state index in [0.29, 0.717) is 0 Å². The quantitative estimate of drug-likeness (QED) is 0.779. The van der Waals surface area contributed by atoms with Crippen molar-refractivity contribution in [2.45, 2.75) is 25.4 Å². The number of aryl methyl sites for hydroxylation is 1. The normalized spacial score (nSPS) is 19.0. The minimum atomic E-state index is 0.215. The van der Waals surface area contributed by atoms with Crippen molar-refractivity contribution in [2.75, 3.05) is 0 Å². The van der Waals surface area contributed by atoms with Gasteiger partial charge in [-0.25, -0.2) is 4.98 Å². The fourth-order valence-electron chi connectivity index (χ4n) is 2.31. The van der Waals surface area contributed by atoms with Gasteiger partial charge in [0.2, 0.25) is 0 Å². The molecular weight excluding hydrogens is 214 g/mol. The first-order valence-corrected chi connectivity index (χ1v) is 5.83. The first-order chi connectivity index (χ1) is 8.24. The van der Waals surface area contributed by atoms with E-state index in [1.807, 2.05) is 18.3 Å². The number of nitrogens with zero attached hydrogens (tertiary/aromatic N) is 2. The van der Waals surface area contributed by atoms with Gasteiger partial charge in [-0.2, -0.15) is 0 Å². The van der Waals surface area contributed by atoms with Gasteiger partial charge in [-0.15, -0.1) is 0 Å². The summed E-state index contributed by atoms with van der Waals surface area (Å²) in [6.45, 7) is 0.825. The van der Waals surface area contributed by atoms with Crippen LogP contribution in [0.3, 0.4) is 0 Å². The van der Waals surface area contributed by atoms with E-state index in [-0.39, 0.29) is 11.8 Å². The van der Waals surface area contributed by atoms with Gasteiger partial charge in [0, 0.05) is 30.0 Å². The molecule has 17 heavy (non-hydrogen) atoms. The number of phenols is 1. The molecule has 0 bridgehead atoms. The average molecular weight is 229 g/mol. The Labute approximate surface area is 99.7 Å². The molecule has 0 saturated heterocycles. The number of aromatic nitrogens is 2. The van der Waals surface area contributed by atoms with Crippen molar-refractivity contribution >= 4 is 0 Å². The van der Waals surface area contributed by atoms with E-state index in [1.54, 1.807) is 12.1 Å². The average Bonchev–Trinajstić information content (AvgIpc) is 2.73. The molecule has 88 valence electrons. The van der Waals surface area contributed by atoms with Crippen LogP contribution in [0.2, 0.25) is 0 Å². The van der Waals surface area contributed by atoms with Crippen LogP contribution in [0.15, 0.2) is 30.5 Å². The zero-order chi connectivity index (χ0) is 11.8. The van der Waals surface area contributed by atoms with E-state index in [2.05, 4.69) is 9.55 Å². The summed E-state index contributed by atoms with van der Waals surface area (Å²) >= 11 is 0. The zero-order valence-corrected chi connectivity index (χ0v) is 9.50. The number of hydrogen-bond acceptors (Lipinski definition) is 3. The van der Waals surface area contributed by atoms with Crippen molar-refractivity contribution in [3.05, 3.63) is 36.2 Å². The minimum absolute atomic E-state index is 0.215. The summed E-state index contributed by atoms with van der Waals surface area (Å²) in [5.41, 5.74) is 8.25. The molecule has 0 fully saturated rings. The summed E-state index contributed by atoms with van der Waals surface area (Å²) in [5.74, 6) is 1.21. The standard InChI is InChI=1S/C13H15N3O/c14-10-3-4-11-7-15-13(16(11)8-10)9-1-5-12(17)6-2-9/h1-2,5-7,10,17H,3-4,8,14H2. The van der Waals surface area contributed by atoms with Crippen molar-refractivity contribution in [1.29, 1.82) is 0 Å². The number of rotatable bonds is 1. The Balaban J connectivity index is 2.04. The van der Waals surface area contributed by atoms with Crippen LogP contribution in [0.5, 0.6) is 5.75 Å². The summed E-state index contributed by atoms with van der Waals surface area (Å²) in [6, 6.07) is 7.34. The van der Waals surface area contributed by atoms with Crippen LogP contribution in [-0.4, -0.2) is 20.7 Å².